The lowest BCUT2D eigenvalue weighted by Crippen LogP contribution is -2.68. The van der Waals surface area contributed by atoms with E-state index < -0.39 is 5.97 Å². The van der Waals surface area contributed by atoms with Gasteiger partial charge in [-0.25, -0.2) is 0 Å². The zero-order valence-corrected chi connectivity index (χ0v) is 13.9. The number of methoxy groups -OCH3 is 1. The Labute approximate surface area is 140 Å². The molecule has 2 N–H and O–H groups in total. The maximum atomic E-state index is 11.7. The van der Waals surface area contributed by atoms with E-state index >= 15 is 0 Å². The second kappa shape index (κ2) is 4.71. The molecule has 4 aliphatic rings. The van der Waals surface area contributed by atoms with Gasteiger partial charge in [0, 0.05) is 23.7 Å². The smallest absolute Gasteiger partial charge is 0.308 e. The van der Waals surface area contributed by atoms with E-state index in [9.17, 15) is 9.90 Å². The van der Waals surface area contributed by atoms with Gasteiger partial charge >= 0.3 is 5.97 Å². The van der Waals surface area contributed by atoms with E-state index in [1.807, 2.05) is 12.1 Å². The molecule has 4 unspecified atom stereocenters. The third-order valence-corrected chi connectivity index (χ3v) is 6.46. The Hall–Kier alpha value is -1.63. The van der Waals surface area contributed by atoms with Crippen molar-refractivity contribution in [1.82, 2.24) is 10.2 Å². The SMILES string of the molecule is COc1cccc2c1[C@]1(C)COC3C4C[C@H](C(=O)O)C(N4)C(C2)N31. The molecule has 0 aliphatic carbocycles. The first-order valence-corrected chi connectivity index (χ1v) is 8.60. The highest BCUT2D eigenvalue weighted by molar-refractivity contribution is 5.72. The van der Waals surface area contributed by atoms with Gasteiger partial charge < -0.3 is 19.9 Å². The van der Waals surface area contributed by atoms with Crippen LogP contribution in [-0.4, -0.2) is 54.0 Å². The number of piperazine rings is 1. The van der Waals surface area contributed by atoms with Crippen LogP contribution >= 0.6 is 0 Å². The maximum Gasteiger partial charge on any atom is 0.308 e. The van der Waals surface area contributed by atoms with E-state index in [0.717, 1.165) is 12.2 Å². The highest BCUT2D eigenvalue weighted by Gasteiger charge is 2.63. The Morgan fingerprint density at radius 1 is 1.50 bits per heavy atom. The molecule has 4 aliphatic heterocycles. The van der Waals surface area contributed by atoms with Crippen LogP contribution < -0.4 is 10.1 Å². The molecule has 0 saturated carbocycles. The molecule has 3 saturated heterocycles. The highest BCUT2D eigenvalue weighted by Crippen LogP contribution is 2.53. The molecule has 4 heterocycles. The number of carbonyl (C=O) groups is 1. The monoisotopic (exact) mass is 330 g/mol. The number of rotatable bonds is 2. The lowest BCUT2D eigenvalue weighted by molar-refractivity contribution is -0.143. The molecule has 128 valence electrons. The van der Waals surface area contributed by atoms with E-state index in [1.165, 1.54) is 11.1 Å². The number of nitrogens with one attached hydrogen (secondary N) is 1. The van der Waals surface area contributed by atoms with E-state index in [0.29, 0.717) is 13.0 Å². The average molecular weight is 330 g/mol. The minimum atomic E-state index is -0.700. The van der Waals surface area contributed by atoms with Crippen LogP contribution in [0.25, 0.3) is 0 Å². The average Bonchev–Trinajstić information content (AvgIpc) is 3.12. The van der Waals surface area contributed by atoms with Crippen molar-refractivity contribution < 1.29 is 19.4 Å². The number of aliphatic carboxylic acids is 1. The first-order chi connectivity index (χ1) is 11.5. The second-order valence-corrected chi connectivity index (χ2v) is 7.63. The maximum absolute atomic E-state index is 11.7. The van der Waals surface area contributed by atoms with E-state index in [-0.39, 0.29) is 35.8 Å². The lowest BCUT2D eigenvalue weighted by atomic mass is 9.76. The van der Waals surface area contributed by atoms with E-state index in [2.05, 4.69) is 23.2 Å². The van der Waals surface area contributed by atoms with Crippen molar-refractivity contribution in [2.75, 3.05) is 13.7 Å². The summed E-state index contributed by atoms with van der Waals surface area (Å²) in [5.41, 5.74) is 2.19. The van der Waals surface area contributed by atoms with Crippen molar-refractivity contribution in [1.29, 1.82) is 0 Å². The molecular formula is C18H22N2O4. The number of hydrogen-bond acceptors (Lipinski definition) is 5. The summed E-state index contributed by atoms with van der Waals surface area (Å²) in [6.45, 7) is 2.82. The Morgan fingerprint density at radius 3 is 3.08 bits per heavy atom. The molecular weight excluding hydrogens is 308 g/mol. The Bertz CT molecular complexity index is 723. The Kier molecular flexibility index (Phi) is 2.89. The predicted octanol–water partition coefficient (Wildman–Crippen LogP) is 0.938. The molecule has 3 fully saturated rings. The largest absolute Gasteiger partial charge is 0.496 e. The minimum absolute atomic E-state index is 0.0240. The molecule has 5 rings (SSSR count). The topological polar surface area (TPSA) is 71.0 Å². The standard InChI is InChI=1S/C18H22N2O4/c1-18-8-24-16-11-7-10(17(21)22)15(19-11)12(20(16)18)6-9-4-3-5-13(23-2)14(9)18/h3-5,10-12,15-16,19H,6-8H2,1-2H3,(H,21,22)/t10-,11?,12?,15?,16?,18-/m0/s1. The van der Waals surface area contributed by atoms with Crippen LogP contribution in [0.15, 0.2) is 18.2 Å². The fourth-order valence-corrected chi connectivity index (χ4v) is 5.59. The summed E-state index contributed by atoms with van der Waals surface area (Å²) in [7, 11) is 1.71. The summed E-state index contributed by atoms with van der Waals surface area (Å²) < 4.78 is 11.8. The molecule has 0 radical (unpaired) electrons. The number of fused-ring (bicyclic) bond motifs is 6. The fraction of sp³-hybridized carbons (Fsp3) is 0.611. The van der Waals surface area contributed by atoms with Crippen molar-refractivity contribution in [2.24, 2.45) is 5.92 Å². The number of ether oxygens (including phenoxy) is 2. The molecule has 1 aromatic carbocycles. The Morgan fingerprint density at radius 2 is 2.33 bits per heavy atom. The van der Waals surface area contributed by atoms with Crippen LogP contribution in [-0.2, 0) is 21.5 Å². The summed E-state index contributed by atoms with van der Waals surface area (Å²) in [4.78, 5) is 14.2. The van der Waals surface area contributed by atoms with Gasteiger partial charge in [0.25, 0.3) is 0 Å². The zero-order chi connectivity index (χ0) is 16.6. The van der Waals surface area contributed by atoms with Crippen LogP contribution in [0.2, 0.25) is 0 Å². The van der Waals surface area contributed by atoms with Crippen LogP contribution in [0.4, 0.5) is 0 Å². The van der Waals surface area contributed by atoms with Crippen LogP contribution in [0.1, 0.15) is 24.5 Å². The van der Waals surface area contributed by atoms with Gasteiger partial charge in [0.05, 0.1) is 25.2 Å². The molecule has 1 aromatic rings. The number of carboxylic acids is 1. The quantitative estimate of drug-likeness (QED) is 0.841. The van der Waals surface area contributed by atoms with Gasteiger partial charge in [0.1, 0.15) is 12.0 Å². The molecule has 24 heavy (non-hydrogen) atoms. The molecule has 0 amide bonds. The van der Waals surface area contributed by atoms with Crippen molar-refractivity contribution in [3.05, 3.63) is 29.3 Å². The fourth-order valence-electron chi connectivity index (χ4n) is 5.59. The summed E-state index contributed by atoms with van der Waals surface area (Å²) in [5.74, 6) is -0.140. The van der Waals surface area contributed by atoms with Crippen LogP contribution in [0.5, 0.6) is 5.75 Å². The summed E-state index contributed by atoms with van der Waals surface area (Å²) in [5, 5.41) is 13.2. The van der Waals surface area contributed by atoms with Gasteiger partial charge in [0.2, 0.25) is 0 Å². The van der Waals surface area contributed by atoms with Crippen LogP contribution in [0.3, 0.4) is 0 Å². The van der Waals surface area contributed by atoms with Gasteiger partial charge in [-0.2, -0.15) is 0 Å². The second-order valence-electron chi connectivity index (χ2n) is 7.63. The van der Waals surface area contributed by atoms with E-state index in [1.54, 1.807) is 7.11 Å². The molecule has 6 nitrogen and oxygen atoms in total. The number of carboxylic acid groups (broad SMARTS) is 1. The van der Waals surface area contributed by atoms with Gasteiger partial charge in [-0.05, 0) is 31.4 Å². The van der Waals surface area contributed by atoms with Crippen molar-refractivity contribution >= 4 is 5.97 Å². The third kappa shape index (κ3) is 1.64. The first kappa shape index (κ1) is 14.7. The number of nitrogens with zero attached hydrogens (tertiary/aromatic N) is 1. The summed E-state index contributed by atoms with van der Waals surface area (Å²) in [6.07, 6.45) is 1.41. The molecule has 2 bridgehead atoms. The third-order valence-electron chi connectivity index (χ3n) is 6.46. The Balaban J connectivity index is 1.67. The zero-order valence-electron chi connectivity index (χ0n) is 13.9. The van der Waals surface area contributed by atoms with Gasteiger partial charge in [-0.3, -0.25) is 9.69 Å². The normalized spacial score (nSPS) is 42.5. The first-order valence-electron chi connectivity index (χ1n) is 8.60. The summed E-state index contributed by atoms with van der Waals surface area (Å²) in [6, 6.07) is 6.38. The number of benzene rings is 1. The van der Waals surface area contributed by atoms with Crippen LogP contribution in [0, 0.1) is 5.92 Å². The van der Waals surface area contributed by atoms with Gasteiger partial charge in [-0.1, -0.05) is 12.1 Å². The number of hydrogen-bond donors (Lipinski definition) is 2. The van der Waals surface area contributed by atoms with E-state index in [4.69, 9.17) is 9.47 Å². The van der Waals surface area contributed by atoms with Crippen molar-refractivity contribution in [3.63, 3.8) is 0 Å². The lowest BCUT2D eigenvalue weighted by Gasteiger charge is -2.52. The molecule has 0 aromatic heterocycles. The molecule has 0 spiro atoms. The van der Waals surface area contributed by atoms with Crippen molar-refractivity contribution in [3.8, 4) is 5.75 Å². The van der Waals surface area contributed by atoms with Crippen molar-refractivity contribution in [2.45, 2.75) is 49.7 Å². The van der Waals surface area contributed by atoms with Gasteiger partial charge in [0.15, 0.2) is 0 Å². The predicted molar refractivity (Wildman–Crippen MR) is 85.9 cm³/mol. The van der Waals surface area contributed by atoms with Gasteiger partial charge in [-0.15, -0.1) is 0 Å². The summed E-state index contributed by atoms with van der Waals surface area (Å²) >= 11 is 0. The molecule has 6 heteroatoms. The minimum Gasteiger partial charge on any atom is -0.496 e. The highest BCUT2D eigenvalue weighted by atomic mass is 16.5. The molecule has 6 atom stereocenters.